The maximum atomic E-state index is 12.7. The fourth-order valence-electron chi connectivity index (χ4n) is 3.54. The van der Waals surface area contributed by atoms with Gasteiger partial charge in [-0.2, -0.15) is 4.31 Å². The molecule has 0 unspecified atom stereocenters. The molecule has 25 heavy (non-hydrogen) atoms. The van der Waals surface area contributed by atoms with Crippen molar-refractivity contribution in [3.63, 3.8) is 0 Å². The third kappa shape index (κ3) is 3.95. The second kappa shape index (κ2) is 7.70. The van der Waals surface area contributed by atoms with E-state index >= 15 is 0 Å². The Bertz CT molecular complexity index is 691. The molecule has 3 rings (SSSR count). The van der Waals surface area contributed by atoms with Crippen LogP contribution in [0.4, 0.5) is 5.82 Å². The summed E-state index contributed by atoms with van der Waals surface area (Å²) in [5.41, 5.74) is 0. The number of piperidine rings is 2. The van der Waals surface area contributed by atoms with Crippen LogP contribution in [0.25, 0.3) is 0 Å². The Labute approximate surface area is 149 Å². The molecule has 0 aliphatic carbocycles. The molecule has 0 saturated carbocycles. The summed E-state index contributed by atoms with van der Waals surface area (Å²) in [6.45, 7) is 2.70. The third-order valence-electron chi connectivity index (χ3n) is 5.11. The maximum absolute atomic E-state index is 12.7. The Morgan fingerprint density at radius 3 is 2.36 bits per heavy atom. The van der Waals surface area contributed by atoms with Crippen LogP contribution in [-0.2, 0) is 14.8 Å². The molecule has 2 fully saturated rings. The van der Waals surface area contributed by atoms with Crippen molar-refractivity contribution >= 4 is 21.7 Å². The van der Waals surface area contributed by atoms with Gasteiger partial charge in [0.05, 0.1) is 0 Å². The largest absolute Gasteiger partial charge is 0.359 e. The molecular weight excluding hydrogens is 340 g/mol. The average Bonchev–Trinajstić information content (AvgIpc) is 2.68. The monoisotopic (exact) mass is 366 g/mol. The van der Waals surface area contributed by atoms with E-state index in [0.717, 1.165) is 51.0 Å². The van der Waals surface area contributed by atoms with Gasteiger partial charge in [-0.25, -0.2) is 13.4 Å². The van der Waals surface area contributed by atoms with Crippen LogP contribution in [0, 0.1) is 5.92 Å². The minimum absolute atomic E-state index is 0.0556. The van der Waals surface area contributed by atoms with Crippen LogP contribution < -0.4 is 10.2 Å². The van der Waals surface area contributed by atoms with Gasteiger partial charge in [-0.15, -0.1) is 0 Å². The lowest BCUT2D eigenvalue weighted by atomic mass is 9.96. The van der Waals surface area contributed by atoms with E-state index in [1.807, 2.05) is 0 Å². The van der Waals surface area contributed by atoms with Gasteiger partial charge < -0.3 is 10.2 Å². The SMILES string of the molecule is CNC(=O)C1CCN(c2ccc(S(=O)(=O)N3CCCCC3)cn2)CC1. The van der Waals surface area contributed by atoms with E-state index in [2.05, 4.69) is 15.2 Å². The normalized spacial score (nSPS) is 20.4. The van der Waals surface area contributed by atoms with E-state index in [9.17, 15) is 13.2 Å². The third-order valence-corrected chi connectivity index (χ3v) is 6.99. The molecule has 0 radical (unpaired) electrons. The Kier molecular flexibility index (Phi) is 5.58. The predicted molar refractivity (Wildman–Crippen MR) is 95.9 cm³/mol. The Morgan fingerprint density at radius 1 is 1.12 bits per heavy atom. The fraction of sp³-hybridized carbons (Fsp3) is 0.647. The van der Waals surface area contributed by atoms with Crippen molar-refractivity contribution in [3.8, 4) is 0 Å². The summed E-state index contributed by atoms with van der Waals surface area (Å²) in [4.78, 5) is 18.4. The molecule has 0 spiro atoms. The van der Waals surface area contributed by atoms with E-state index in [1.54, 1.807) is 23.5 Å². The molecule has 8 heteroatoms. The summed E-state index contributed by atoms with van der Waals surface area (Å²) in [5, 5.41) is 2.70. The smallest absolute Gasteiger partial charge is 0.244 e. The molecule has 3 heterocycles. The van der Waals surface area contributed by atoms with Gasteiger partial charge in [0.15, 0.2) is 0 Å². The number of anilines is 1. The number of sulfonamides is 1. The molecule has 2 aliphatic heterocycles. The van der Waals surface area contributed by atoms with Gasteiger partial charge in [0, 0.05) is 45.3 Å². The molecule has 1 aromatic heterocycles. The Hall–Kier alpha value is -1.67. The molecule has 0 bridgehead atoms. The van der Waals surface area contributed by atoms with Gasteiger partial charge in [-0.3, -0.25) is 4.79 Å². The second-order valence-electron chi connectivity index (χ2n) is 6.69. The first-order chi connectivity index (χ1) is 12.0. The van der Waals surface area contributed by atoms with Crippen molar-refractivity contribution in [3.05, 3.63) is 18.3 Å². The van der Waals surface area contributed by atoms with Gasteiger partial charge in [0.2, 0.25) is 15.9 Å². The molecule has 7 nitrogen and oxygen atoms in total. The van der Waals surface area contributed by atoms with Crippen molar-refractivity contribution in [2.24, 2.45) is 5.92 Å². The van der Waals surface area contributed by atoms with Crippen molar-refractivity contribution in [1.82, 2.24) is 14.6 Å². The highest BCUT2D eigenvalue weighted by atomic mass is 32.2. The highest BCUT2D eigenvalue weighted by Crippen LogP contribution is 2.24. The summed E-state index contributed by atoms with van der Waals surface area (Å²) < 4.78 is 26.9. The Balaban J connectivity index is 1.65. The summed E-state index contributed by atoms with van der Waals surface area (Å²) in [6, 6.07) is 3.42. The first-order valence-corrected chi connectivity index (χ1v) is 10.4. The lowest BCUT2D eigenvalue weighted by Crippen LogP contribution is -2.40. The van der Waals surface area contributed by atoms with Crippen molar-refractivity contribution in [2.75, 3.05) is 38.1 Å². The van der Waals surface area contributed by atoms with Gasteiger partial charge in [0.1, 0.15) is 10.7 Å². The van der Waals surface area contributed by atoms with Crippen molar-refractivity contribution in [1.29, 1.82) is 0 Å². The molecule has 1 amide bonds. The second-order valence-corrected chi connectivity index (χ2v) is 8.63. The maximum Gasteiger partial charge on any atom is 0.244 e. The molecule has 2 aliphatic rings. The van der Waals surface area contributed by atoms with E-state index in [1.165, 1.54) is 6.20 Å². The van der Waals surface area contributed by atoms with Crippen LogP contribution >= 0.6 is 0 Å². The minimum atomic E-state index is -3.43. The van der Waals surface area contributed by atoms with E-state index in [4.69, 9.17) is 0 Å². The number of aromatic nitrogens is 1. The molecule has 1 N–H and O–H groups in total. The summed E-state index contributed by atoms with van der Waals surface area (Å²) in [7, 11) is -1.77. The Morgan fingerprint density at radius 2 is 1.80 bits per heavy atom. The number of nitrogens with one attached hydrogen (secondary N) is 1. The van der Waals surface area contributed by atoms with Gasteiger partial charge >= 0.3 is 0 Å². The number of hydrogen-bond acceptors (Lipinski definition) is 5. The summed E-state index contributed by atoms with van der Waals surface area (Å²) in [5.74, 6) is 0.920. The molecule has 2 saturated heterocycles. The first-order valence-electron chi connectivity index (χ1n) is 8.95. The number of carbonyl (C=O) groups is 1. The number of carbonyl (C=O) groups excluding carboxylic acids is 1. The van der Waals surface area contributed by atoms with Crippen molar-refractivity contribution in [2.45, 2.75) is 37.0 Å². The summed E-state index contributed by atoms with van der Waals surface area (Å²) >= 11 is 0. The summed E-state index contributed by atoms with van der Waals surface area (Å²) in [6.07, 6.45) is 5.97. The van der Waals surface area contributed by atoms with E-state index in [-0.39, 0.29) is 16.7 Å². The number of hydrogen-bond donors (Lipinski definition) is 1. The molecule has 0 aromatic carbocycles. The van der Waals surface area contributed by atoms with Crippen LogP contribution in [-0.4, -0.2) is 56.8 Å². The molecular formula is C17H26N4O3S. The number of amides is 1. The van der Waals surface area contributed by atoms with Gasteiger partial charge in [0.25, 0.3) is 0 Å². The number of rotatable bonds is 4. The quantitative estimate of drug-likeness (QED) is 0.866. The van der Waals surface area contributed by atoms with Crippen LogP contribution in [0.3, 0.4) is 0 Å². The number of pyridine rings is 1. The molecule has 0 atom stereocenters. The highest BCUT2D eigenvalue weighted by Gasteiger charge is 2.27. The van der Waals surface area contributed by atoms with E-state index < -0.39 is 10.0 Å². The van der Waals surface area contributed by atoms with Crippen LogP contribution in [0.2, 0.25) is 0 Å². The zero-order valence-corrected chi connectivity index (χ0v) is 15.5. The minimum Gasteiger partial charge on any atom is -0.359 e. The van der Waals surface area contributed by atoms with Crippen LogP contribution in [0.5, 0.6) is 0 Å². The van der Waals surface area contributed by atoms with Crippen LogP contribution in [0.1, 0.15) is 32.1 Å². The zero-order chi connectivity index (χ0) is 17.9. The number of nitrogens with zero attached hydrogens (tertiary/aromatic N) is 3. The first kappa shape index (κ1) is 18.1. The standard InChI is InChI=1S/C17H26N4O3S/c1-18-17(22)14-7-11-20(12-8-14)16-6-5-15(13-19-16)25(23,24)21-9-3-2-4-10-21/h5-6,13-14H,2-4,7-12H2,1H3,(H,18,22). The zero-order valence-electron chi connectivity index (χ0n) is 14.6. The molecule has 138 valence electrons. The average molecular weight is 366 g/mol. The van der Waals surface area contributed by atoms with Crippen molar-refractivity contribution < 1.29 is 13.2 Å². The predicted octanol–water partition coefficient (Wildman–Crippen LogP) is 1.22. The van der Waals surface area contributed by atoms with Crippen LogP contribution in [0.15, 0.2) is 23.2 Å². The highest BCUT2D eigenvalue weighted by molar-refractivity contribution is 7.89. The van der Waals surface area contributed by atoms with Gasteiger partial charge in [-0.1, -0.05) is 6.42 Å². The van der Waals surface area contributed by atoms with E-state index in [0.29, 0.717) is 13.1 Å². The van der Waals surface area contributed by atoms with Gasteiger partial charge in [-0.05, 0) is 37.8 Å². The fourth-order valence-corrected chi connectivity index (χ4v) is 5.00. The topological polar surface area (TPSA) is 82.6 Å². The lowest BCUT2D eigenvalue weighted by Gasteiger charge is -2.32. The lowest BCUT2D eigenvalue weighted by molar-refractivity contribution is -0.125. The molecule has 1 aromatic rings.